The molecule has 1 aromatic heterocycles. The first-order valence-electron chi connectivity index (χ1n) is 12.2. The minimum Gasteiger partial charge on any atom is -0.472 e. The van der Waals surface area contributed by atoms with E-state index in [0.717, 1.165) is 22.3 Å². The zero-order valence-corrected chi connectivity index (χ0v) is 21.5. The van der Waals surface area contributed by atoms with Crippen molar-refractivity contribution in [3.63, 3.8) is 0 Å². The number of aromatic nitrogens is 2. The highest BCUT2D eigenvalue weighted by molar-refractivity contribution is 5.79. The number of ether oxygens (including phenoxy) is 2. The van der Waals surface area contributed by atoms with Crippen molar-refractivity contribution in [2.24, 2.45) is 0 Å². The summed E-state index contributed by atoms with van der Waals surface area (Å²) in [5, 5.41) is 9.88. The molecule has 4 rings (SSSR count). The van der Waals surface area contributed by atoms with Gasteiger partial charge in [0.2, 0.25) is 5.69 Å². The van der Waals surface area contributed by atoms with Crippen LogP contribution < -0.4 is 4.74 Å². The van der Waals surface area contributed by atoms with Gasteiger partial charge in [-0.25, -0.2) is 14.8 Å². The normalized spacial score (nSPS) is 14.3. The lowest BCUT2D eigenvalue weighted by Gasteiger charge is -2.33. The van der Waals surface area contributed by atoms with Gasteiger partial charge in [-0.15, -0.1) is 0 Å². The van der Waals surface area contributed by atoms with Gasteiger partial charge in [0, 0.05) is 37.1 Å². The van der Waals surface area contributed by atoms with E-state index in [9.17, 15) is 10.1 Å². The second-order valence-corrected chi connectivity index (χ2v) is 10.2. The number of nitriles is 1. The lowest BCUT2D eigenvalue weighted by atomic mass is 10.0. The van der Waals surface area contributed by atoms with E-state index < -0.39 is 5.60 Å². The molecule has 186 valence electrons. The van der Waals surface area contributed by atoms with Crippen LogP contribution in [0.3, 0.4) is 0 Å². The molecule has 0 atom stereocenters. The molecule has 0 radical (unpaired) electrons. The summed E-state index contributed by atoms with van der Waals surface area (Å²) in [6.07, 6.45) is 0.736. The SMILES string of the molecule is Cc1ccc(-c2nc(C#N)c(OC3CCN(C(=O)OC(C)(C)C)CC3)nc2-c2ccc(C)cc2)cc1. The third kappa shape index (κ3) is 6.01. The smallest absolute Gasteiger partial charge is 0.410 e. The summed E-state index contributed by atoms with van der Waals surface area (Å²) in [7, 11) is 0. The number of likely N-dealkylation sites (tertiary alicyclic amines) is 1. The van der Waals surface area contributed by atoms with Crippen molar-refractivity contribution in [3.05, 3.63) is 65.4 Å². The molecule has 1 aliphatic rings. The summed E-state index contributed by atoms with van der Waals surface area (Å²) in [5.41, 5.74) is 4.99. The van der Waals surface area contributed by atoms with Crippen LogP contribution in [0.4, 0.5) is 4.79 Å². The van der Waals surface area contributed by atoms with Crippen LogP contribution in [0.1, 0.15) is 50.4 Å². The monoisotopic (exact) mass is 484 g/mol. The molecule has 7 nitrogen and oxygen atoms in total. The molecule has 0 spiro atoms. The molecule has 1 amide bonds. The van der Waals surface area contributed by atoms with E-state index in [4.69, 9.17) is 19.4 Å². The number of rotatable bonds is 4. The van der Waals surface area contributed by atoms with Crippen LogP contribution in [-0.4, -0.2) is 45.8 Å². The van der Waals surface area contributed by atoms with E-state index in [0.29, 0.717) is 37.3 Å². The number of carbonyl (C=O) groups excluding carboxylic acids is 1. The molecule has 2 heterocycles. The van der Waals surface area contributed by atoms with E-state index in [1.54, 1.807) is 4.90 Å². The predicted molar refractivity (Wildman–Crippen MR) is 139 cm³/mol. The summed E-state index contributed by atoms with van der Waals surface area (Å²) >= 11 is 0. The quantitative estimate of drug-likeness (QED) is 0.446. The number of hydrogen-bond acceptors (Lipinski definition) is 6. The third-order valence-corrected chi connectivity index (χ3v) is 5.99. The van der Waals surface area contributed by atoms with E-state index in [1.165, 1.54) is 0 Å². The largest absolute Gasteiger partial charge is 0.472 e. The van der Waals surface area contributed by atoms with Gasteiger partial charge in [-0.2, -0.15) is 5.26 Å². The minimum atomic E-state index is -0.534. The lowest BCUT2D eigenvalue weighted by Crippen LogP contribution is -2.44. The number of aryl methyl sites for hydroxylation is 2. The highest BCUT2D eigenvalue weighted by atomic mass is 16.6. The molecule has 2 aromatic carbocycles. The molecule has 0 aliphatic carbocycles. The fourth-order valence-corrected chi connectivity index (χ4v) is 4.04. The van der Waals surface area contributed by atoms with Crippen LogP contribution in [-0.2, 0) is 4.74 Å². The molecule has 0 unspecified atom stereocenters. The van der Waals surface area contributed by atoms with Crippen LogP contribution in [0.5, 0.6) is 5.88 Å². The number of benzene rings is 2. The Morgan fingerprint density at radius 2 is 1.42 bits per heavy atom. The summed E-state index contributed by atoms with van der Waals surface area (Å²) < 4.78 is 11.7. The van der Waals surface area contributed by atoms with E-state index in [2.05, 4.69) is 6.07 Å². The number of amides is 1. The van der Waals surface area contributed by atoms with Gasteiger partial charge in [-0.3, -0.25) is 0 Å². The summed E-state index contributed by atoms with van der Waals surface area (Å²) in [5.74, 6) is 0.222. The third-order valence-electron chi connectivity index (χ3n) is 5.99. The zero-order chi connectivity index (χ0) is 25.9. The summed E-state index contributed by atoms with van der Waals surface area (Å²) in [6, 6.07) is 18.3. The molecule has 7 heteroatoms. The number of piperidine rings is 1. The maximum Gasteiger partial charge on any atom is 0.410 e. The molecular formula is C29H32N4O3. The molecule has 0 bridgehead atoms. The lowest BCUT2D eigenvalue weighted by molar-refractivity contribution is 0.0122. The second-order valence-electron chi connectivity index (χ2n) is 10.2. The fourth-order valence-electron chi connectivity index (χ4n) is 4.04. The Kier molecular flexibility index (Phi) is 7.25. The maximum atomic E-state index is 12.4. The van der Waals surface area contributed by atoms with Crippen LogP contribution in [0.2, 0.25) is 0 Å². The standard InChI is InChI=1S/C29H32N4O3/c1-19-6-10-21(11-7-19)25-26(22-12-8-20(2)9-13-22)32-27(24(18-30)31-25)35-23-14-16-33(17-15-23)28(34)36-29(3,4)5/h6-13,23H,14-17H2,1-5H3. The molecule has 3 aromatic rings. The Morgan fingerprint density at radius 3 is 1.89 bits per heavy atom. The highest BCUT2D eigenvalue weighted by Crippen LogP contribution is 2.33. The molecule has 36 heavy (non-hydrogen) atoms. The summed E-state index contributed by atoms with van der Waals surface area (Å²) in [4.78, 5) is 23.6. The molecule has 0 saturated carbocycles. The Morgan fingerprint density at radius 1 is 0.917 bits per heavy atom. The van der Waals surface area contributed by atoms with Gasteiger partial charge in [0.15, 0.2) is 0 Å². The van der Waals surface area contributed by atoms with Gasteiger partial charge in [-0.1, -0.05) is 59.7 Å². The first-order chi connectivity index (χ1) is 17.1. The van der Waals surface area contributed by atoms with Crippen molar-refractivity contribution in [1.82, 2.24) is 14.9 Å². The first kappa shape index (κ1) is 25.2. The van der Waals surface area contributed by atoms with Crippen LogP contribution >= 0.6 is 0 Å². The van der Waals surface area contributed by atoms with E-state index in [-0.39, 0.29) is 23.8 Å². The van der Waals surface area contributed by atoms with Crippen molar-refractivity contribution in [2.45, 2.75) is 59.2 Å². The Labute approximate surface area is 212 Å². The molecular weight excluding hydrogens is 452 g/mol. The topological polar surface area (TPSA) is 88.3 Å². The van der Waals surface area contributed by atoms with Gasteiger partial charge in [0.1, 0.15) is 23.5 Å². The fraction of sp³-hybridized carbons (Fsp3) is 0.379. The number of nitrogens with zero attached hydrogens (tertiary/aromatic N) is 4. The second kappa shape index (κ2) is 10.4. The van der Waals surface area contributed by atoms with Crippen molar-refractivity contribution < 1.29 is 14.3 Å². The highest BCUT2D eigenvalue weighted by Gasteiger charge is 2.29. The van der Waals surface area contributed by atoms with Crippen molar-refractivity contribution in [3.8, 4) is 34.5 Å². The molecule has 1 aliphatic heterocycles. The average molecular weight is 485 g/mol. The van der Waals surface area contributed by atoms with Gasteiger partial charge >= 0.3 is 6.09 Å². The van der Waals surface area contributed by atoms with Crippen LogP contribution in [0.15, 0.2) is 48.5 Å². The minimum absolute atomic E-state index is 0.149. The van der Waals surface area contributed by atoms with Crippen molar-refractivity contribution in [1.29, 1.82) is 5.26 Å². The Bertz CT molecular complexity index is 1260. The number of hydrogen-bond donors (Lipinski definition) is 0. The molecule has 1 saturated heterocycles. The van der Waals surface area contributed by atoms with Crippen LogP contribution in [0.25, 0.3) is 22.5 Å². The van der Waals surface area contributed by atoms with Crippen LogP contribution in [0, 0.1) is 25.2 Å². The first-order valence-corrected chi connectivity index (χ1v) is 12.2. The van der Waals surface area contributed by atoms with Gasteiger partial charge in [0.25, 0.3) is 5.88 Å². The predicted octanol–water partition coefficient (Wildman–Crippen LogP) is 6.08. The Hall–Kier alpha value is -3.92. The molecule has 0 N–H and O–H groups in total. The van der Waals surface area contributed by atoms with Crippen molar-refractivity contribution in [2.75, 3.05) is 13.1 Å². The van der Waals surface area contributed by atoms with E-state index in [1.807, 2.05) is 83.1 Å². The molecule has 1 fully saturated rings. The van der Waals surface area contributed by atoms with Gasteiger partial charge < -0.3 is 14.4 Å². The van der Waals surface area contributed by atoms with Gasteiger partial charge in [-0.05, 0) is 34.6 Å². The van der Waals surface area contributed by atoms with E-state index >= 15 is 0 Å². The van der Waals surface area contributed by atoms with Gasteiger partial charge in [0.05, 0.1) is 5.69 Å². The van der Waals surface area contributed by atoms with Crippen molar-refractivity contribution >= 4 is 6.09 Å². The Balaban J connectivity index is 1.61. The maximum absolute atomic E-state index is 12.4. The number of carbonyl (C=O) groups is 1. The summed E-state index contributed by atoms with van der Waals surface area (Å²) in [6.45, 7) is 10.7. The average Bonchev–Trinajstić information content (AvgIpc) is 2.84. The zero-order valence-electron chi connectivity index (χ0n) is 21.5.